The SMILES string of the molecule is CCO[Si](COC(C)C)(O[Si](COC(C)C)(O[Si](COC(C)C)(OC(C)C)C(C)C)C(C)C)C(C)C. The number of rotatable bonds is 20. The third kappa shape index (κ3) is 11.6. The fraction of sp³-hybridized carbons (Fsp3) is 1.00. The Morgan fingerprint density at radius 2 is 0.778 bits per heavy atom. The first-order chi connectivity index (χ1) is 16.5. The standard InChI is InChI=1S/C26H60O7Si3/c1-16-30-34(24(10)11,17-27-20(2)3)32-36(26(14)15,19-29-22(6)7)33-35(25(12)13,31-23(8)9)18-28-21(4)5/h20-26H,16-19H2,1-15H3. The van der Waals surface area contributed by atoms with Crippen LogP contribution in [0.25, 0.3) is 0 Å². The lowest BCUT2D eigenvalue weighted by Gasteiger charge is -2.49. The first kappa shape index (κ1) is 36.4. The number of hydrogen-bond donors (Lipinski definition) is 0. The lowest BCUT2D eigenvalue weighted by molar-refractivity contribution is 0.0461. The number of ether oxygens (including phenoxy) is 3. The summed E-state index contributed by atoms with van der Waals surface area (Å²) in [5.41, 5.74) is 0.417. The van der Waals surface area contributed by atoms with Crippen LogP contribution in [0.4, 0.5) is 0 Å². The van der Waals surface area contributed by atoms with E-state index in [0.717, 1.165) is 0 Å². The topological polar surface area (TPSA) is 64.6 Å². The molecule has 0 bridgehead atoms. The zero-order chi connectivity index (χ0) is 28.3. The Bertz CT molecular complexity index is 590. The summed E-state index contributed by atoms with van der Waals surface area (Å²) in [6.45, 7) is 32.1. The molecule has 7 nitrogen and oxygen atoms in total. The Balaban J connectivity index is 6.89. The predicted octanol–water partition coefficient (Wildman–Crippen LogP) is 6.93. The van der Waals surface area contributed by atoms with Gasteiger partial charge < -0.3 is 31.3 Å². The maximum absolute atomic E-state index is 7.40. The Morgan fingerprint density at radius 1 is 0.444 bits per heavy atom. The second-order valence-electron chi connectivity index (χ2n) is 11.8. The molecule has 0 rings (SSSR count). The van der Waals surface area contributed by atoms with Crippen LogP contribution in [0.2, 0.25) is 16.6 Å². The van der Waals surface area contributed by atoms with Gasteiger partial charge in [-0.1, -0.05) is 41.5 Å². The smallest absolute Gasteiger partial charge is 0.358 e. The van der Waals surface area contributed by atoms with Crippen LogP contribution >= 0.6 is 0 Å². The quantitative estimate of drug-likeness (QED) is 0.148. The van der Waals surface area contributed by atoms with Gasteiger partial charge in [-0.2, -0.15) is 0 Å². The lowest BCUT2D eigenvalue weighted by Crippen LogP contribution is -2.69. The van der Waals surface area contributed by atoms with Crippen molar-refractivity contribution in [2.24, 2.45) is 0 Å². The van der Waals surface area contributed by atoms with Gasteiger partial charge in [-0.3, -0.25) is 0 Å². The maximum Gasteiger partial charge on any atom is 0.358 e. The van der Waals surface area contributed by atoms with Crippen LogP contribution in [-0.4, -0.2) is 75.4 Å². The van der Waals surface area contributed by atoms with Crippen molar-refractivity contribution in [3.8, 4) is 0 Å². The van der Waals surface area contributed by atoms with Gasteiger partial charge >= 0.3 is 25.7 Å². The predicted molar refractivity (Wildman–Crippen MR) is 156 cm³/mol. The molecule has 0 aromatic heterocycles. The Kier molecular flexibility index (Phi) is 16.6. The summed E-state index contributed by atoms with van der Waals surface area (Å²) < 4.78 is 46.8. The first-order valence-electron chi connectivity index (χ1n) is 14.0. The van der Waals surface area contributed by atoms with Crippen molar-refractivity contribution < 1.29 is 31.3 Å². The van der Waals surface area contributed by atoms with Gasteiger partial charge in [0, 0.05) is 12.7 Å². The normalized spacial score (nSPS) is 18.2. The van der Waals surface area contributed by atoms with Crippen LogP contribution in [0.1, 0.15) is 104 Å². The minimum absolute atomic E-state index is 0.00275. The van der Waals surface area contributed by atoms with E-state index < -0.39 is 25.7 Å². The van der Waals surface area contributed by atoms with Crippen molar-refractivity contribution >= 4 is 25.7 Å². The lowest BCUT2D eigenvalue weighted by atomic mass is 10.5. The van der Waals surface area contributed by atoms with Crippen LogP contribution in [0, 0.1) is 0 Å². The molecule has 0 heterocycles. The van der Waals surface area contributed by atoms with E-state index in [1.807, 2.05) is 20.8 Å². The average Bonchev–Trinajstić information content (AvgIpc) is 2.73. The summed E-state index contributed by atoms with van der Waals surface area (Å²) in [4.78, 5) is 0. The molecular weight excluding hydrogens is 509 g/mol. The van der Waals surface area contributed by atoms with E-state index in [1.165, 1.54) is 0 Å². The molecule has 0 aromatic rings. The van der Waals surface area contributed by atoms with E-state index >= 15 is 0 Å². The fourth-order valence-corrected chi connectivity index (χ4v) is 18.7. The highest BCUT2D eigenvalue weighted by Gasteiger charge is 2.59. The Morgan fingerprint density at radius 3 is 1.08 bits per heavy atom. The fourth-order valence-electron chi connectivity index (χ4n) is 3.62. The molecular formula is C26H60O7Si3. The molecule has 0 saturated heterocycles. The van der Waals surface area contributed by atoms with Crippen molar-refractivity contribution in [1.82, 2.24) is 0 Å². The summed E-state index contributed by atoms with van der Waals surface area (Å²) >= 11 is 0. The number of hydrogen-bond acceptors (Lipinski definition) is 7. The van der Waals surface area contributed by atoms with Crippen molar-refractivity contribution in [3.05, 3.63) is 0 Å². The molecule has 0 spiro atoms. The monoisotopic (exact) mass is 568 g/mol. The summed E-state index contributed by atoms with van der Waals surface area (Å²) in [6, 6.07) is 0. The summed E-state index contributed by atoms with van der Waals surface area (Å²) in [5, 5.41) is 0. The molecule has 0 N–H and O–H groups in total. The Labute approximate surface area is 227 Å². The Hall–Kier alpha value is 0.371. The molecule has 3 unspecified atom stereocenters. The van der Waals surface area contributed by atoms with E-state index in [-0.39, 0.29) is 41.0 Å². The molecule has 0 aromatic carbocycles. The molecule has 0 fully saturated rings. The van der Waals surface area contributed by atoms with E-state index in [2.05, 4.69) is 83.1 Å². The van der Waals surface area contributed by atoms with Gasteiger partial charge in [-0.25, -0.2) is 0 Å². The van der Waals surface area contributed by atoms with E-state index in [9.17, 15) is 0 Å². The van der Waals surface area contributed by atoms with E-state index in [1.54, 1.807) is 0 Å². The molecule has 0 amide bonds. The summed E-state index contributed by atoms with van der Waals surface area (Å²) in [6.07, 6.45) is 1.50. The second kappa shape index (κ2) is 16.5. The third-order valence-corrected chi connectivity index (χ3v) is 20.2. The van der Waals surface area contributed by atoms with E-state index in [4.69, 9.17) is 31.3 Å². The largest absolute Gasteiger partial charge is 0.412 e. The van der Waals surface area contributed by atoms with Crippen molar-refractivity contribution in [1.29, 1.82) is 0 Å². The molecule has 3 atom stereocenters. The van der Waals surface area contributed by atoms with Crippen LogP contribution in [0.5, 0.6) is 0 Å². The van der Waals surface area contributed by atoms with Gasteiger partial charge in [0.05, 0.1) is 37.0 Å². The van der Waals surface area contributed by atoms with Gasteiger partial charge in [0.15, 0.2) is 0 Å². The van der Waals surface area contributed by atoms with E-state index in [0.29, 0.717) is 25.3 Å². The van der Waals surface area contributed by atoms with Gasteiger partial charge in [-0.05, 0) is 78.9 Å². The minimum atomic E-state index is -3.09. The van der Waals surface area contributed by atoms with Crippen molar-refractivity contribution in [3.63, 3.8) is 0 Å². The second-order valence-corrected chi connectivity index (χ2v) is 23.1. The summed E-state index contributed by atoms with van der Waals surface area (Å²) in [7, 11) is -8.86. The van der Waals surface area contributed by atoms with Gasteiger partial charge in [0.1, 0.15) is 0 Å². The van der Waals surface area contributed by atoms with Crippen LogP contribution in [-0.2, 0) is 31.3 Å². The van der Waals surface area contributed by atoms with Crippen molar-refractivity contribution in [2.75, 3.05) is 25.3 Å². The minimum Gasteiger partial charge on any atom is -0.412 e. The summed E-state index contributed by atoms with van der Waals surface area (Å²) in [5.74, 6) is 0. The first-order valence-corrected chi connectivity index (χ1v) is 20.3. The molecule has 0 aliphatic carbocycles. The maximum atomic E-state index is 7.40. The van der Waals surface area contributed by atoms with Crippen LogP contribution < -0.4 is 0 Å². The van der Waals surface area contributed by atoms with Crippen LogP contribution in [0.3, 0.4) is 0 Å². The molecule has 36 heavy (non-hydrogen) atoms. The molecule has 218 valence electrons. The third-order valence-electron chi connectivity index (χ3n) is 6.01. The molecule has 0 radical (unpaired) electrons. The van der Waals surface area contributed by atoms with Gasteiger partial charge in [0.25, 0.3) is 0 Å². The highest BCUT2D eigenvalue weighted by atomic mass is 28.5. The van der Waals surface area contributed by atoms with Crippen molar-refractivity contribution in [2.45, 2.75) is 145 Å². The average molecular weight is 569 g/mol. The zero-order valence-electron chi connectivity index (χ0n) is 26.2. The highest BCUT2D eigenvalue weighted by Crippen LogP contribution is 2.39. The van der Waals surface area contributed by atoms with Crippen LogP contribution in [0.15, 0.2) is 0 Å². The molecule has 10 heteroatoms. The molecule has 0 aliphatic heterocycles. The molecule has 0 aliphatic rings. The van der Waals surface area contributed by atoms with Gasteiger partial charge in [0.2, 0.25) is 0 Å². The zero-order valence-corrected chi connectivity index (χ0v) is 29.2. The molecule has 0 saturated carbocycles. The van der Waals surface area contributed by atoms with Gasteiger partial charge in [-0.15, -0.1) is 0 Å². The highest BCUT2D eigenvalue weighted by molar-refractivity contribution is 6.88.